The topological polar surface area (TPSA) is 21.6 Å². The zero-order valence-corrected chi connectivity index (χ0v) is 6.58. The van der Waals surface area contributed by atoms with Crippen molar-refractivity contribution in [2.75, 3.05) is 6.61 Å². The van der Waals surface area contributed by atoms with E-state index in [2.05, 4.69) is 11.7 Å². The molecule has 0 spiro atoms. The van der Waals surface area contributed by atoms with E-state index < -0.39 is 0 Å². The van der Waals surface area contributed by atoms with E-state index in [-0.39, 0.29) is 0 Å². The lowest BCUT2D eigenvalue weighted by Gasteiger charge is -2.01. The Labute approximate surface area is 66.5 Å². The van der Waals surface area contributed by atoms with Gasteiger partial charge in [-0.2, -0.15) is 0 Å². The minimum Gasteiger partial charge on any atom is -0.494 e. The number of hydrogen-bond acceptors (Lipinski definition) is 2. The molecule has 11 heavy (non-hydrogen) atoms. The van der Waals surface area contributed by atoms with E-state index in [4.69, 9.17) is 4.74 Å². The van der Waals surface area contributed by atoms with Crippen LogP contribution in [0.15, 0.2) is 29.3 Å². The minimum atomic E-state index is 0.695. The molecule has 1 aromatic rings. The van der Waals surface area contributed by atoms with Gasteiger partial charge in [0.15, 0.2) is 0 Å². The molecule has 0 amide bonds. The number of nitrogens with zero attached hydrogens (tertiary/aromatic N) is 1. The Morgan fingerprint density at radius 1 is 1.36 bits per heavy atom. The summed E-state index contributed by atoms with van der Waals surface area (Å²) in [6.45, 7) is 6.07. The summed E-state index contributed by atoms with van der Waals surface area (Å²) in [6, 6.07) is 7.51. The first-order valence-corrected chi connectivity index (χ1v) is 3.56. The summed E-state index contributed by atoms with van der Waals surface area (Å²) < 4.78 is 5.24. The highest BCUT2D eigenvalue weighted by molar-refractivity contribution is 5.47. The Kier molecular flexibility index (Phi) is 2.66. The molecule has 0 fully saturated rings. The van der Waals surface area contributed by atoms with Crippen LogP contribution in [0.1, 0.15) is 6.92 Å². The van der Waals surface area contributed by atoms with Crippen molar-refractivity contribution in [3.8, 4) is 5.75 Å². The average molecular weight is 149 g/mol. The molecule has 0 heterocycles. The molecule has 0 atom stereocenters. The third kappa shape index (κ3) is 2.08. The quantitative estimate of drug-likeness (QED) is 0.605. The summed E-state index contributed by atoms with van der Waals surface area (Å²) in [5.74, 6) is 0.875. The smallest absolute Gasteiger partial charge is 0.119 e. The Hall–Kier alpha value is -1.31. The Bertz CT molecular complexity index is 228. The first-order valence-electron chi connectivity index (χ1n) is 3.56. The third-order valence-corrected chi connectivity index (χ3v) is 1.33. The first kappa shape index (κ1) is 7.79. The molecule has 0 unspecified atom stereocenters. The van der Waals surface area contributed by atoms with Crippen LogP contribution < -0.4 is 4.74 Å². The van der Waals surface area contributed by atoms with Gasteiger partial charge in [-0.3, -0.25) is 4.99 Å². The fourth-order valence-corrected chi connectivity index (χ4v) is 0.814. The second-order valence-corrected chi connectivity index (χ2v) is 2.09. The third-order valence-electron chi connectivity index (χ3n) is 1.33. The van der Waals surface area contributed by atoms with E-state index in [0.717, 1.165) is 11.4 Å². The van der Waals surface area contributed by atoms with Gasteiger partial charge in [0.1, 0.15) is 5.75 Å². The molecule has 1 aromatic carbocycles. The van der Waals surface area contributed by atoms with Gasteiger partial charge in [0.05, 0.1) is 12.3 Å². The van der Waals surface area contributed by atoms with Crippen molar-refractivity contribution < 1.29 is 4.74 Å². The summed E-state index contributed by atoms with van der Waals surface area (Å²) in [7, 11) is 0. The highest BCUT2D eigenvalue weighted by Gasteiger charge is 1.90. The van der Waals surface area contributed by atoms with Crippen molar-refractivity contribution in [3.05, 3.63) is 24.3 Å². The van der Waals surface area contributed by atoms with E-state index in [1.165, 1.54) is 0 Å². The molecule has 2 heteroatoms. The minimum absolute atomic E-state index is 0.695. The van der Waals surface area contributed by atoms with Crippen molar-refractivity contribution in [2.24, 2.45) is 4.99 Å². The predicted octanol–water partition coefficient (Wildman–Crippen LogP) is 2.42. The van der Waals surface area contributed by atoms with Crippen LogP contribution in [0, 0.1) is 0 Å². The summed E-state index contributed by atoms with van der Waals surface area (Å²) in [6.07, 6.45) is 0. The van der Waals surface area contributed by atoms with Gasteiger partial charge in [-0.05, 0) is 37.9 Å². The highest BCUT2D eigenvalue weighted by Crippen LogP contribution is 2.16. The molecule has 1 rings (SSSR count). The summed E-state index contributed by atoms with van der Waals surface area (Å²) in [5.41, 5.74) is 0.869. The maximum Gasteiger partial charge on any atom is 0.119 e. The average Bonchev–Trinajstić information content (AvgIpc) is 2.07. The molecule has 58 valence electrons. The van der Waals surface area contributed by atoms with Gasteiger partial charge in [-0.25, -0.2) is 0 Å². The molecular formula is C9H11NO. The lowest BCUT2D eigenvalue weighted by atomic mass is 10.3. The molecule has 0 aliphatic rings. The molecule has 0 saturated carbocycles. The van der Waals surface area contributed by atoms with Crippen LogP contribution in [0.3, 0.4) is 0 Å². The SMILES string of the molecule is C=Nc1ccc(OCC)cc1. The second kappa shape index (κ2) is 3.76. The number of hydrogen-bond donors (Lipinski definition) is 0. The predicted molar refractivity (Wildman–Crippen MR) is 46.8 cm³/mol. The molecule has 0 radical (unpaired) electrons. The van der Waals surface area contributed by atoms with E-state index in [1.807, 2.05) is 31.2 Å². The maximum absolute atomic E-state index is 5.24. The summed E-state index contributed by atoms with van der Waals surface area (Å²) in [5, 5.41) is 0. The largest absolute Gasteiger partial charge is 0.494 e. The molecule has 2 nitrogen and oxygen atoms in total. The van der Waals surface area contributed by atoms with E-state index in [1.54, 1.807) is 0 Å². The summed E-state index contributed by atoms with van der Waals surface area (Å²) >= 11 is 0. The monoisotopic (exact) mass is 149 g/mol. The van der Waals surface area contributed by atoms with Crippen molar-refractivity contribution >= 4 is 12.4 Å². The van der Waals surface area contributed by atoms with Gasteiger partial charge in [0.2, 0.25) is 0 Å². The number of benzene rings is 1. The summed E-state index contributed by atoms with van der Waals surface area (Å²) in [4.78, 5) is 3.77. The number of aliphatic imine (C=N–C) groups is 1. The molecule has 0 aliphatic carbocycles. The maximum atomic E-state index is 5.24. The van der Waals surface area contributed by atoms with Gasteiger partial charge < -0.3 is 4.74 Å². The Morgan fingerprint density at radius 2 is 2.00 bits per heavy atom. The molecule has 0 aromatic heterocycles. The van der Waals surface area contributed by atoms with Gasteiger partial charge >= 0.3 is 0 Å². The van der Waals surface area contributed by atoms with E-state index in [9.17, 15) is 0 Å². The molecular weight excluding hydrogens is 138 g/mol. The van der Waals surface area contributed by atoms with Crippen LogP contribution in [0.25, 0.3) is 0 Å². The second-order valence-electron chi connectivity index (χ2n) is 2.09. The van der Waals surface area contributed by atoms with Crippen LogP contribution in [0.2, 0.25) is 0 Å². The fraction of sp³-hybridized carbons (Fsp3) is 0.222. The van der Waals surface area contributed by atoms with Crippen LogP contribution in [0.5, 0.6) is 5.75 Å². The van der Waals surface area contributed by atoms with Gasteiger partial charge in [0, 0.05) is 0 Å². The van der Waals surface area contributed by atoms with Crippen LogP contribution in [-0.4, -0.2) is 13.3 Å². The van der Waals surface area contributed by atoms with Crippen molar-refractivity contribution in [3.63, 3.8) is 0 Å². The van der Waals surface area contributed by atoms with Gasteiger partial charge in [0.25, 0.3) is 0 Å². The number of ether oxygens (including phenoxy) is 1. The van der Waals surface area contributed by atoms with E-state index >= 15 is 0 Å². The Morgan fingerprint density at radius 3 is 2.45 bits per heavy atom. The molecule has 0 N–H and O–H groups in total. The highest BCUT2D eigenvalue weighted by atomic mass is 16.5. The van der Waals surface area contributed by atoms with Crippen molar-refractivity contribution in [1.29, 1.82) is 0 Å². The van der Waals surface area contributed by atoms with Gasteiger partial charge in [-0.1, -0.05) is 0 Å². The molecule has 0 saturated heterocycles. The molecule has 0 bridgehead atoms. The number of rotatable bonds is 3. The van der Waals surface area contributed by atoms with E-state index in [0.29, 0.717) is 6.61 Å². The normalized spacial score (nSPS) is 9.18. The van der Waals surface area contributed by atoms with Crippen molar-refractivity contribution in [1.82, 2.24) is 0 Å². The first-order chi connectivity index (χ1) is 5.36. The van der Waals surface area contributed by atoms with Crippen LogP contribution in [-0.2, 0) is 0 Å². The lowest BCUT2D eigenvalue weighted by Crippen LogP contribution is -1.89. The standard InChI is InChI=1S/C9H11NO/c1-3-11-9-6-4-8(10-2)5-7-9/h4-7H,2-3H2,1H3. The van der Waals surface area contributed by atoms with Gasteiger partial charge in [-0.15, -0.1) is 0 Å². The Balaban J connectivity index is 2.74. The lowest BCUT2D eigenvalue weighted by molar-refractivity contribution is 0.340. The van der Waals surface area contributed by atoms with Crippen LogP contribution >= 0.6 is 0 Å². The fourth-order valence-electron chi connectivity index (χ4n) is 0.814. The zero-order chi connectivity index (χ0) is 8.10. The van der Waals surface area contributed by atoms with Crippen LogP contribution in [0.4, 0.5) is 5.69 Å². The zero-order valence-electron chi connectivity index (χ0n) is 6.58. The van der Waals surface area contributed by atoms with Crippen molar-refractivity contribution in [2.45, 2.75) is 6.92 Å². The molecule has 0 aliphatic heterocycles.